The van der Waals surface area contributed by atoms with E-state index in [0.717, 1.165) is 56.8 Å². The van der Waals surface area contributed by atoms with E-state index in [1.54, 1.807) is 0 Å². The zero-order valence-electron chi connectivity index (χ0n) is 19.2. The number of aromatic nitrogens is 3. The van der Waals surface area contributed by atoms with E-state index in [9.17, 15) is 0 Å². The van der Waals surface area contributed by atoms with Gasteiger partial charge in [0.25, 0.3) is 0 Å². The van der Waals surface area contributed by atoms with Crippen molar-refractivity contribution in [2.75, 3.05) is 18.0 Å². The van der Waals surface area contributed by atoms with Crippen LogP contribution in [0.3, 0.4) is 0 Å². The second-order valence-corrected chi connectivity index (χ2v) is 9.53. The molecule has 1 aliphatic heterocycles. The Morgan fingerprint density at radius 1 is 0.824 bits per heavy atom. The maximum Gasteiger partial charge on any atom is 0.162 e. The molecule has 1 fully saturated rings. The Morgan fingerprint density at radius 2 is 1.56 bits per heavy atom. The summed E-state index contributed by atoms with van der Waals surface area (Å²) in [6.45, 7) is 6.57. The Labute approximate surface area is 204 Å². The average molecular weight is 468 g/mol. The van der Waals surface area contributed by atoms with E-state index in [2.05, 4.69) is 65.7 Å². The van der Waals surface area contributed by atoms with Gasteiger partial charge in [0.05, 0.1) is 6.20 Å². The van der Waals surface area contributed by atoms with Gasteiger partial charge in [0.1, 0.15) is 0 Å². The Hall–Kier alpha value is -3.41. The van der Waals surface area contributed by atoms with Crippen molar-refractivity contribution >= 4 is 33.7 Å². The molecular formula is C28H26ClN5. The summed E-state index contributed by atoms with van der Waals surface area (Å²) in [6.07, 6.45) is 5.87. The van der Waals surface area contributed by atoms with E-state index in [4.69, 9.17) is 16.6 Å². The van der Waals surface area contributed by atoms with Crippen LogP contribution in [0, 0.1) is 0 Å². The van der Waals surface area contributed by atoms with Gasteiger partial charge in [-0.15, -0.1) is 0 Å². The van der Waals surface area contributed by atoms with Gasteiger partial charge in [0.15, 0.2) is 5.65 Å². The monoisotopic (exact) mass is 467 g/mol. The van der Waals surface area contributed by atoms with E-state index in [1.165, 1.54) is 5.69 Å². The number of anilines is 1. The van der Waals surface area contributed by atoms with E-state index >= 15 is 0 Å². The van der Waals surface area contributed by atoms with Gasteiger partial charge in [-0.3, -0.25) is 0 Å². The van der Waals surface area contributed by atoms with Crippen molar-refractivity contribution in [1.29, 1.82) is 0 Å². The summed E-state index contributed by atoms with van der Waals surface area (Å²) in [5, 5.41) is 11.0. The number of halogens is 1. The number of benzene rings is 3. The summed E-state index contributed by atoms with van der Waals surface area (Å²) in [5.41, 5.74) is 6.33. The average Bonchev–Trinajstić information content (AvgIpc) is 3.28. The van der Waals surface area contributed by atoms with E-state index in [-0.39, 0.29) is 0 Å². The molecule has 0 radical (unpaired) electrons. The topological polar surface area (TPSA) is 45.5 Å². The molecule has 0 aliphatic carbocycles. The lowest BCUT2D eigenvalue weighted by atomic mass is 10.00. The van der Waals surface area contributed by atoms with Crippen LogP contribution in [0.1, 0.15) is 13.8 Å². The fourth-order valence-corrected chi connectivity index (χ4v) is 5.41. The van der Waals surface area contributed by atoms with Crippen molar-refractivity contribution < 1.29 is 0 Å². The molecule has 0 spiro atoms. The van der Waals surface area contributed by atoms with Crippen LogP contribution in [0.15, 0.2) is 79.3 Å². The van der Waals surface area contributed by atoms with Crippen LogP contribution in [0.25, 0.3) is 38.7 Å². The minimum atomic E-state index is 0.471. The first-order valence-corrected chi connectivity index (χ1v) is 12.1. The lowest BCUT2D eigenvalue weighted by Gasteiger charge is -2.41. The molecule has 5 nitrogen and oxygen atoms in total. The van der Waals surface area contributed by atoms with E-state index in [0.29, 0.717) is 12.1 Å². The second-order valence-electron chi connectivity index (χ2n) is 9.12. The smallest absolute Gasteiger partial charge is 0.162 e. The number of piperazine rings is 1. The Balaban J connectivity index is 1.35. The van der Waals surface area contributed by atoms with Crippen LogP contribution >= 0.6 is 11.6 Å². The van der Waals surface area contributed by atoms with E-state index in [1.807, 2.05) is 47.2 Å². The molecule has 2 aromatic heterocycles. The van der Waals surface area contributed by atoms with Gasteiger partial charge in [-0.1, -0.05) is 54.1 Å². The molecule has 0 unspecified atom stereocenters. The molecular weight excluding hydrogens is 442 g/mol. The summed E-state index contributed by atoms with van der Waals surface area (Å²) >= 11 is 6.43. The number of nitrogens with zero attached hydrogens (tertiary/aromatic N) is 4. The zero-order chi connectivity index (χ0) is 23.2. The lowest BCUT2D eigenvalue weighted by molar-refractivity contribution is 0.432. The summed E-state index contributed by atoms with van der Waals surface area (Å²) < 4.78 is 1.86. The van der Waals surface area contributed by atoms with Crippen molar-refractivity contribution in [2.45, 2.75) is 25.9 Å². The van der Waals surface area contributed by atoms with Gasteiger partial charge in [-0.25, -0.2) is 9.50 Å². The van der Waals surface area contributed by atoms with Crippen LogP contribution in [0.5, 0.6) is 0 Å². The normalized spacial score (nSPS) is 18.6. The van der Waals surface area contributed by atoms with E-state index < -0.39 is 0 Å². The molecule has 6 rings (SSSR count). The quantitative estimate of drug-likeness (QED) is 0.350. The summed E-state index contributed by atoms with van der Waals surface area (Å²) in [4.78, 5) is 7.31. The molecule has 34 heavy (non-hydrogen) atoms. The zero-order valence-corrected chi connectivity index (χ0v) is 20.0. The molecule has 2 atom stereocenters. The highest BCUT2D eigenvalue weighted by Gasteiger charge is 2.24. The minimum absolute atomic E-state index is 0.471. The predicted molar refractivity (Wildman–Crippen MR) is 141 cm³/mol. The SMILES string of the molecule is C[C@@H]1CNC[C@H](C)N1c1ccc(-c2cnc3c(-c4ccc(Cl)c5ccccc45)cnn3c2)cc1. The van der Waals surface area contributed by atoms with Gasteiger partial charge >= 0.3 is 0 Å². The highest BCUT2D eigenvalue weighted by molar-refractivity contribution is 6.36. The lowest BCUT2D eigenvalue weighted by Crippen LogP contribution is -2.55. The molecule has 1 N–H and O–H groups in total. The third kappa shape index (κ3) is 3.52. The molecule has 170 valence electrons. The Kier molecular flexibility index (Phi) is 5.24. The second kappa shape index (κ2) is 8.42. The number of fused-ring (bicyclic) bond motifs is 2. The highest BCUT2D eigenvalue weighted by Crippen LogP contribution is 2.35. The number of rotatable bonds is 3. The highest BCUT2D eigenvalue weighted by atomic mass is 35.5. The fourth-order valence-electron chi connectivity index (χ4n) is 5.18. The summed E-state index contributed by atoms with van der Waals surface area (Å²) in [7, 11) is 0. The fraction of sp³-hybridized carbons (Fsp3) is 0.214. The molecule has 0 saturated carbocycles. The van der Waals surface area contributed by atoms with Gasteiger partial charge in [-0.05, 0) is 48.6 Å². The van der Waals surface area contributed by atoms with Crippen LogP contribution in [-0.2, 0) is 0 Å². The number of hydrogen-bond donors (Lipinski definition) is 1. The maximum atomic E-state index is 6.43. The molecule has 0 bridgehead atoms. The van der Waals surface area contributed by atoms with Gasteiger partial charge < -0.3 is 10.2 Å². The van der Waals surface area contributed by atoms with Crippen molar-refractivity contribution in [1.82, 2.24) is 19.9 Å². The van der Waals surface area contributed by atoms with Crippen LogP contribution in [-0.4, -0.2) is 39.8 Å². The molecule has 1 saturated heterocycles. The van der Waals surface area contributed by atoms with Crippen LogP contribution < -0.4 is 10.2 Å². The largest absolute Gasteiger partial charge is 0.364 e. The minimum Gasteiger partial charge on any atom is -0.364 e. The molecule has 0 amide bonds. The Morgan fingerprint density at radius 3 is 2.32 bits per heavy atom. The van der Waals surface area contributed by atoms with Gasteiger partial charge in [-0.2, -0.15) is 5.10 Å². The summed E-state index contributed by atoms with van der Waals surface area (Å²) in [5.74, 6) is 0. The maximum absolute atomic E-state index is 6.43. The first-order chi connectivity index (χ1) is 16.6. The van der Waals surface area contributed by atoms with Crippen LogP contribution in [0.4, 0.5) is 5.69 Å². The first-order valence-electron chi connectivity index (χ1n) is 11.7. The standard InChI is InChI=1S/C28H26ClN5/c1-18-13-30-14-19(2)34(18)22-9-7-20(8-10-22)21-15-31-28-26(16-32-33(28)17-21)24-11-12-27(29)25-6-4-3-5-23(24)25/h3-12,15-19,30H,13-14H2,1-2H3/t18-,19+. The van der Waals surface area contributed by atoms with Crippen molar-refractivity contribution in [2.24, 2.45) is 0 Å². The molecule has 3 aromatic carbocycles. The van der Waals surface area contributed by atoms with Gasteiger partial charge in [0, 0.05) is 64.8 Å². The Bertz CT molecular complexity index is 1480. The van der Waals surface area contributed by atoms with Crippen molar-refractivity contribution in [3.05, 3.63) is 84.3 Å². The molecule has 5 aromatic rings. The molecule has 1 aliphatic rings. The molecule has 6 heteroatoms. The number of nitrogens with one attached hydrogen (secondary N) is 1. The molecule has 3 heterocycles. The number of hydrogen-bond acceptors (Lipinski definition) is 4. The van der Waals surface area contributed by atoms with Crippen molar-refractivity contribution in [3.63, 3.8) is 0 Å². The van der Waals surface area contributed by atoms with Crippen molar-refractivity contribution in [3.8, 4) is 22.3 Å². The third-order valence-corrected chi connectivity index (χ3v) is 7.18. The predicted octanol–water partition coefficient (Wildman–Crippen LogP) is 6.06. The third-order valence-electron chi connectivity index (χ3n) is 6.85. The van der Waals surface area contributed by atoms with Gasteiger partial charge in [0.2, 0.25) is 0 Å². The first kappa shape index (κ1) is 21.1. The van der Waals surface area contributed by atoms with Crippen LogP contribution in [0.2, 0.25) is 5.02 Å². The summed E-state index contributed by atoms with van der Waals surface area (Å²) in [6, 6.07) is 21.9.